The second-order valence-corrected chi connectivity index (χ2v) is 4.71. The quantitative estimate of drug-likeness (QED) is 0.551. The number of aryl methyl sites for hydroxylation is 1. The van der Waals surface area contributed by atoms with E-state index in [0.29, 0.717) is 5.56 Å². The molecule has 0 unspecified atom stereocenters. The summed E-state index contributed by atoms with van der Waals surface area (Å²) in [5.41, 5.74) is 0.155. The second kappa shape index (κ2) is 3.57. The first-order valence-electron chi connectivity index (χ1n) is 4.81. The molecule has 0 aromatic heterocycles. The minimum absolute atomic E-state index is 0.172. The van der Waals surface area contributed by atoms with Gasteiger partial charge < -0.3 is 10.2 Å². The minimum atomic E-state index is -0.570. The Kier molecular flexibility index (Phi) is 2.75. The van der Waals surface area contributed by atoms with Gasteiger partial charge in [-0.2, -0.15) is 0 Å². The van der Waals surface area contributed by atoms with E-state index >= 15 is 0 Å². The number of phenolic OH excluding ortho intramolecular Hbond substituents is 2. The fraction of sp³-hybridized carbons (Fsp3) is 0.417. The molecule has 0 aliphatic carbocycles. The minimum Gasteiger partial charge on any atom is -0.504 e. The van der Waals surface area contributed by atoms with E-state index < -0.39 is 5.41 Å². The fourth-order valence-electron chi connectivity index (χ4n) is 1.27. The van der Waals surface area contributed by atoms with E-state index in [4.69, 9.17) is 0 Å². The summed E-state index contributed by atoms with van der Waals surface area (Å²) in [4.78, 5) is 11.9. The van der Waals surface area contributed by atoms with Crippen LogP contribution in [0.5, 0.6) is 11.5 Å². The zero-order valence-electron chi connectivity index (χ0n) is 9.46. The van der Waals surface area contributed by atoms with Crippen LogP contribution in [0.25, 0.3) is 0 Å². The average molecular weight is 208 g/mol. The maximum atomic E-state index is 11.9. The summed E-state index contributed by atoms with van der Waals surface area (Å²) < 4.78 is 0. The molecule has 1 rings (SSSR count). The largest absolute Gasteiger partial charge is 0.504 e. The molecule has 0 spiro atoms. The van der Waals surface area contributed by atoms with Crippen molar-refractivity contribution in [3.05, 3.63) is 23.3 Å². The summed E-state index contributed by atoms with van der Waals surface area (Å²) in [6.07, 6.45) is 0. The second-order valence-electron chi connectivity index (χ2n) is 4.71. The van der Waals surface area contributed by atoms with Gasteiger partial charge in [0.2, 0.25) is 0 Å². The number of rotatable bonds is 1. The molecule has 3 nitrogen and oxygen atoms in total. The van der Waals surface area contributed by atoms with Crippen LogP contribution in [0, 0.1) is 12.3 Å². The van der Waals surface area contributed by atoms with Gasteiger partial charge in [0.1, 0.15) is 0 Å². The maximum absolute atomic E-state index is 11.9. The van der Waals surface area contributed by atoms with Gasteiger partial charge in [-0.1, -0.05) is 26.8 Å². The van der Waals surface area contributed by atoms with Crippen LogP contribution >= 0.6 is 0 Å². The highest BCUT2D eigenvalue weighted by Crippen LogP contribution is 2.35. The van der Waals surface area contributed by atoms with Gasteiger partial charge in [-0.15, -0.1) is 0 Å². The predicted octanol–water partition coefficient (Wildman–Crippen LogP) is 2.64. The Balaban J connectivity index is 3.29. The zero-order chi connectivity index (χ0) is 11.8. The van der Waals surface area contributed by atoms with E-state index in [9.17, 15) is 15.0 Å². The third kappa shape index (κ3) is 2.12. The van der Waals surface area contributed by atoms with E-state index in [1.807, 2.05) is 0 Å². The summed E-state index contributed by atoms with van der Waals surface area (Å²) in [6, 6.07) is 3.16. The van der Waals surface area contributed by atoms with Gasteiger partial charge in [0.15, 0.2) is 17.3 Å². The smallest absolute Gasteiger partial charge is 0.172 e. The topological polar surface area (TPSA) is 57.5 Å². The van der Waals surface area contributed by atoms with Crippen LogP contribution in [0.3, 0.4) is 0 Å². The van der Waals surface area contributed by atoms with Crippen molar-refractivity contribution in [1.82, 2.24) is 0 Å². The first kappa shape index (κ1) is 11.6. The molecule has 82 valence electrons. The maximum Gasteiger partial charge on any atom is 0.172 e. The molecule has 0 fully saturated rings. The van der Waals surface area contributed by atoms with Crippen LogP contribution in [0.2, 0.25) is 0 Å². The average Bonchev–Trinajstić information content (AvgIpc) is 2.12. The summed E-state index contributed by atoms with van der Waals surface area (Å²) in [7, 11) is 0. The van der Waals surface area contributed by atoms with E-state index in [2.05, 4.69) is 0 Å². The highest BCUT2D eigenvalue weighted by molar-refractivity contribution is 6.02. The lowest BCUT2D eigenvalue weighted by molar-refractivity contribution is 0.0854. The molecule has 0 aliphatic rings. The van der Waals surface area contributed by atoms with Crippen LogP contribution in [-0.4, -0.2) is 16.0 Å². The van der Waals surface area contributed by atoms with Crippen molar-refractivity contribution in [2.75, 3.05) is 0 Å². The van der Waals surface area contributed by atoms with Crippen molar-refractivity contribution in [2.45, 2.75) is 27.7 Å². The van der Waals surface area contributed by atoms with Gasteiger partial charge in [0.05, 0.1) is 5.56 Å². The fourth-order valence-corrected chi connectivity index (χ4v) is 1.27. The molecular weight excluding hydrogens is 192 g/mol. The molecule has 1 aromatic carbocycles. The molecule has 0 amide bonds. The first-order valence-corrected chi connectivity index (χ1v) is 4.81. The summed E-state index contributed by atoms with van der Waals surface area (Å²) in [5.74, 6) is -0.727. The molecular formula is C12H16O3. The van der Waals surface area contributed by atoms with Crippen LogP contribution in [0.1, 0.15) is 36.7 Å². The van der Waals surface area contributed by atoms with Crippen molar-refractivity contribution in [2.24, 2.45) is 5.41 Å². The normalized spacial score (nSPS) is 11.5. The first-order chi connectivity index (χ1) is 6.75. The molecule has 3 heteroatoms. The molecule has 0 saturated carbocycles. The Morgan fingerprint density at radius 3 is 2.13 bits per heavy atom. The molecule has 0 aliphatic heterocycles. The number of carbonyl (C=O) groups is 1. The predicted molar refractivity (Wildman–Crippen MR) is 58.3 cm³/mol. The molecule has 0 atom stereocenters. The van der Waals surface area contributed by atoms with E-state index in [1.54, 1.807) is 33.8 Å². The lowest BCUT2D eigenvalue weighted by Crippen LogP contribution is -2.20. The van der Waals surface area contributed by atoms with Gasteiger partial charge >= 0.3 is 0 Å². The highest BCUT2D eigenvalue weighted by Gasteiger charge is 2.26. The van der Waals surface area contributed by atoms with E-state index in [-0.39, 0.29) is 22.8 Å². The number of hydrogen-bond donors (Lipinski definition) is 2. The number of aromatic hydroxyl groups is 2. The van der Waals surface area contributed by atoms with Crippen molar-refractivity contribution < 1.29 is 15.0 Å². The Hall–Kier alpha value is -1.51. The molecule has 0 radical (unpaired) electrons. The SMILES string of the molecule is Cc1ccc(C(=O)C(C)(C)C)c(O)c1O. The monoisotopic (exact) mass is 208 g/mol. The van der Waals surface area contributed by atoms with Crippen LogP contribution in [-0.2, 0) is 0 Å². The van der Waals surface area contributed by atoms with Gasteiger partial charge in [0, 0.05) is 5.41 Å². The standard InChI is InChI=1S/C12H16O3/c1-7-5-6-8(10(14)9(7)13)11(15)12(2,3)4/h5-6,13-14H,1-4H3. The van der Waals surface area contributed by atoms with Crippen molar-refractivity contribution in [1.29, 1.82) is 0 Å². The molecule has 0 bridgehead atoms. The Morgan fingerprint density at radius 1 is 1.13 bits per heavy atom. The van der Waals surface area contributed by atoms with Gasteiger partial charge in [-0.3, -0.25) is 4.79 Å². The van der Waals surface area contributed by atoms with Crippen LogP contribution < -0.4 is 0 Å². The molecule has 0 saturated heterocycles. The van der Waals surface area contributed by atoms with E-state index in [0.717, 1.165) is 0 Å². The molecule has 2 N–H and O–H groups in total. The van der Waals surface area contributed by atoms with Crippen LogP contribution in [0.4, 0.5) is 0 Å². The summed E-state index contributed by atoms with van der Waals surface area (Å²) >= 11 is 0. The molecule has 0 heterocycles. The van der Waals surface area contributed by atoms with Crippen molar-refractivity contribution in [3.8, 4) is 11.5 Å². The van der Waals surface area contributed by atoms with Gasteiger partial charge in [-0.25, -0.2) is 0 Å². The Morgan fingerprint density at radius 2 is 1.67 bits per heavy atom. The Bertz CT molecular complexity index is 400. The number of benzene rings is 1. The van der Waals surface area contributed by atoms with Gasteiger partial charge in [0.25, 0.3) is 0 Å². The third-order valence-corrected chi connectivity index (χ3v) is 2.28. The number of phenols is 2. The summed E-state index contributed by atoms with van der Waals surface area (Å²) in [5, 5.41) is 19.1. The lowest BCUT2D eigenvalue weighted by atomic mass is 9.86. The Labute approximate surface area is 89.4 Å². The van der Waals surface area contributed by atoms with Crippen molar-refractivity contribution >= 4 is 5.78 Å². The number of ketones is 1. The zero-order valence-corrected chi connectivity index (χ0v) is 9.46. The van der Waals surface area contributed by atoms with Crippen molar-refractivity contribution in [3.63, 3.8) is 0 Å². The number of carbonyl (C=O) groups excluding carboxylic acids is 1. The number of hydrogen-bond acceptors (Lipinski definition) is 3. The third-order valence-electron chi connectivity index (χ3n) is 2.28. The van der Waals surface area contributed by atoms with E-state index in [1.165, 1.54) is 6.07 Å². The lowest BCUT2D eigenvalue weighted by Gasteiger charge is -2.18. The highest BCUT2D eigenvalue weighted by atomic mass is 16.3. The van der Waals surface area contributed by atoms with Gasteiger partial charge in [-0.05, 0) is 18.6 Å². The molecule has 15 heavy (non-hydrogen) atoms. The summed E-state index contributed by atoms with van der Waals surface area (Å²) in [6.45, 7) is 6.98. The number of Topliss-reactive ketones (excluding diaryl/α,β-unsaturated/α-hetero) is 1. The molecule has 1 aromatic rings. The van der Waals surface area contributed by atoms with Crippen LogP contribution in [0.15, 0.2) is 12.1 Å².